The Morgan fingerprint density at radius 2 is 2.00 bits per heavy atom. The molecular weight excluding hydrogens is 420 g/mol. The summed E-state index contributed by atoms with van der Waals surface area (Å²) in [6.07, 6.45) is 3.53. The van der Waals surface area contributed by atoms with Crippen molar-refractivity contribution in [1.82, 2.24) is 4.98 Å². The average Bonchev–Trinajstić information content (AvgIpc) is 3.11. The second-order valence-corrected chi connectivity index (χ2v) is 7.68. The predicted octanol–water partition coefficient (Wildman–Crippen LogP) is 5.73. The number of amides is 1. The molecule has 1 heterocycles. The zero-order chi connectivity index (χ0) is 20.1. The van der Waals surface area contributed by atoms with Gasteiger partial charge in [0.15, 0.2) is 5.13 Å². The SMILES string of the molecule is N#CC(=Cc1ccc(F)cc1)C(=O)Nc1ncc(Cc2cc(Cl)ccc2Cl)s1. The predicted molar refractivity (Wildman–Crippen MR) is 110 cm³/mol. The van der Waals surface area contributed by atoms with Crippen LogP contribution in [0.4, 0.5) is 9.52 Å². The summed E-state index contributed by atoms with van der Waals surface area (Å²) in [7, 11) is 0. The van der Waals surface area contributed by atoms with Crippen molar-refractivity contribution in [1.29, 1.82) is 5.26 Å². The number of carbonyl (C=O) groups excluding carboxylic acids is 1. The number of anilines is 1. The molecule has 1 N–H and O–H groups in total. The topological polar surface area (TPSA) is 65.8 Å². The lowest BCUT2D eigenvalue weighted by Gasteiger charge is -2.03. The van der Waals surface area contributed by atoms with E-state index in [4.69, 9.17) is 23.2 Å². The summed E-state index contributed by atoms with van der Waals surface area (Å²) in [6, 6.07) is 12.5. The van der Waals surface area contributed by atoms with E-state index in [9.17, 15) is 14.4 Å². The highest BCUT2D eigenvalue weighted by Crippen LogP contribution is 2.27. The summed E-state index contributed by atoms with van der Waals surface area (Å²) < 4.78 is 13.0. The maximum absolute atomic E-state index is 13.0. The monoisotopic (exact) mass is 431 g/mol. The zero-order valence-electron chi connectivity index (χ0n) is 14.2. The molecule has 0 bridgehead atoms. The molecular formula is C20H12Cl2FN3OS. The Bertz CT molecular complexity index is 1090. The Labute approximate surface area is 174 Å². The Morgan fingerprint density at radius 3 is 2.71 bits per heavy atom. The Morgan fingerprint density at radius 1 is 1.25 bits per heavy atom. The first kappa shape index (κ1) is 20.0. The van der Waals surface area contributed by atoms with Crippen molar-refractivity contribution >= 4 is 51.7 Å². The van der Waals surface area contributed by atoms with E-state index in [0.717, 1.165) is 10.4 Å². The molecule has 0 saturated heterocycles. The van der Waals surface area contributed by atoms with Crippen molar-refractivity contribution in [3.63, 3.8) is 0 Å². The van der Waals surface area contributed by atoms with Gasteiger partial charge in [-0.1, -0.05) is 35.3 Å². The smallest absolute Gasteiger partial charge is 0.268 e. The molecule has 1 amide bonds. The summed E-state index contributed by atoms with van der Waals surface area (Å²) in [6.45, 7) is 0. The second-order valence-electron chi connectivity index (χ2n) is 5.72. The van der Waals surface area contributed by atoms with Crippen molar-refractivity contribution in [3.8, 4) is 6.07 Å². The fourth-order valence-electron chi connectivity index (χ4n) is 2.35. The number of nitriles is 1. The number of nitrogens with zero attached hydrogens (tertiary/aromatic N) is 2. The van der Waals surface area contributed by atoms with Gasteiger partial charge in [0.2, 0.25) is 0 Å². The van der Waals surface area contributed by atoms with Crippen LogP contribution in [0.15, 0.2) is 54.2 Å². The Hall–Kier alpha value is -2.72. The van der Waals surface area contributed by atoms with Gasteiger partial charge in [-0.05, 0) is 47.5 Å². The van der Waals surface area contributed by atoms with Gasteiger partial charge in [-0.15, -0.1) is 11.3 Å². The van der Waals surface area contributed by atoms with Crippen molar-refractivity contribution in [3.05, 3.63) is 86.1 Å². The number of rotatable bonds is 5. The fourth-order valence-corrected chi connectivity index (χ4v) is 3.56. The quantitative estimate of drug-likeness (QED) is 0.414. The molecule has 1 aromatic heterocycles. The molecule has 0 aliphatic carbocycles. The van der Waals surface area contributed by atoms with Crippen molar-refractivity contribution in [2.24, 2.45) is 0 Å². The van der Waals surface area contributed by atoms with E-state index in [2.05, 4.69) is 10.3 Å². The van der Waals surface area contributed by atoms with E-state index < -0.39 is 11.7 Å². The standard InChI is InChI=1S/C20H12Cl2FN3OS/c21-15-3-6-18(22)13(8-15)9-17-11-25-20(28-17)26-19(27)14(10-24)7-12-1-4-16(23)5-2-12/h1-8,11H,9H2,(H,25,26,27). The Kier molecular flexibility index (Phi) is 6.42. The highest BCUT2D eigenvalue weighted by molar-refractivity contribution is 7.15. The van der Waals surface area contributed by atoms with Crippen LogP contribution in [0.3, 0.4) is 0 Å². The molecule has 0 atom stereocenters. The number of aromatic nitrogens is 1. The van der Waals surface area contributed by atoms with E-state index >= 15 is 0 Å². The van der Waals surface area contributed by atoms with Gasteiger partial charge in [-0.3, -0.25) is 10.1 Å². The van der Waals surface area contributed by atoms with Crippen LogP contribution >= 0.6 is 34.5 Å². The third kappa shape index (κ3) is 5.17. The van der Waals surface area contributed by atoms with E-state index in [0.29, 0.717) is 27.2 Å². The lowest BCUT2D eigenvalue weighted by atomic mass is 10.1. The molecule has 140 valence electrons. The molecule has 0 spiro atoms. The first-order valence-corrected chi connectivity index (χ1v) is 9.59. The fraction of sp³-hybridized carbons (Fsp3) is 0.0500. The zero-order valence-corrected chi connectivity index (χ0v) is 16.6. The maximum atomic E-state index is 13.0. The molecule has 2 aromatic carbocycles. The number of nitrogens with one attached hydrogen (secondary N) is 1. The van der Waals surface area contributed by atoms with Crippen LogP contribution in [0.2, 0.25) is 10.0 Å². The number of halogens is 3. The van der Waals surface area contributed by atoms with Gasteiger partial charge in [0.05, 0.1) is 0 Å². The van der Waals surface area contributed by atoms with E-state index in [1.807, 2.05) is 6.07 Å². The molecule has 4 nitrogen and oxygen atoms in total. The molecule has 0 aliphatic heterocycles. The number of hydrogen-bond donors (Lipinski definition) is 1. The van der Waals surface area contributed by atoms with Crippen LogP contribution in [0.1, 0.15) is 16.0 Å². The molecule has 0 saturated carbocycles. The molecule has 0 aliphatic rings. The third-order valence-corrected chi connectivity index (χ3v) is 5.21. The maximum Gasteiger partial charge on any atom is 0.268 e. The van der Waals surface area contributed by atoms with Gasteiger partial charge >= 0.3 is 0 Å². The summed E-state index contributed by atoms with van der Waals surface area (Å²) in [5.41, 5.74) is 1.29. The second kappa shape index (κ2) is 8.98. The van der Waals surface area contributed by atoms with Gasteiger partial charge in [-0.25, -0.2) is 9.37 Å². The average molecular weight is 432 g/mol. The summed E-state index contributed by atoms with van der Waals surface area (Å²) in [5, 5.41) is 13.4. The number of carbonyl (C=O) groups is 1. The third-order valence-electron chi connectivity index (χ3n) is 3.69. The van der Waals surface area contributed by atoms with Crippen LogP contribution in [0.5, 0.6) is 0 Å². The molecule has 0 fully saturated rings. The van der Waals surface area contributed by atoms with E-state index in [1.54, 1.807) is 24.4 Å². The largest absolute Gasteiger partial charge is 0.297 e. The van der Waals surface area contributed by atoms with Crippen LogP contribution in [0, 0.1) is 17.1 Å². The summed E-state index contributed by atoms with van der Waals surface area (Å²) in [5.74, 6) is -0.983. The minimum absolute atomic E-state index is 0.110. The van der Waals surface area contributed by atoms with Gasteiger partial charge in [0.1, 0.15) is 17.5 Å². The number of thiazole rings is 1. The van der Waals surface area contributed by atoms with Crippen LogP contribution in [-0.4, -0.2) is 10.9 Å². The highest BCUT2D eigenvalue weighted by atomic mass is 35.5. The first-order valence-electron chi connectivity index (χ1n) is 8.02. The molecule has 0 unspecified atom stereocenters. The first-order chi connectivity index (χ1) is 13.4. The molecule has 28 heavy (non-hydrogen) atoms. The van der Waals surface area contributed by atoms with E-state index in [1.165, 1.54) is 41.7 Å². The van der Waals surface area contributed by atoms with Crippen LogP contribution in [-0.2, 0) is 11.2 Å². The van der Waals surface area contributed by atoms with Crippen LogP contribution < -0.4 is 5.32 Å². The normalized spacial score (nSPS) is 11.1. The van der Waals surface area contributed by atoms with Gasteiger partial charge in [0.25, 0.3) is 5.91 Å². The Balaban J connectivity index is 1.71. The molecule has 8 heteroatoms. The minimum atomic E-state index is -0.589. The molecule has 3 aromatic rings. The van der Waals surface area contributed by atoms with Crippen molar-refractivity contribution in [2.45, 2.75) is 6.42 Å². The highest BCUT2D eigenvalue weighted by Gasteiger charge is 2.13. The van der Waals surface area contributed by atoms with E-state index in [-0.39, 0.29) is 5.57 Å². The van der Waals surface area contributed by atoms with Crippen molar-refractivity contribution in [2.75, 3.05) is 5.32 Å². The number of hydrogen-bond acceptors (Lipinski definition) is 4. The van der Waals surface area contributed by atoms with Crippen molar-refractivity contribution < 1.29 is 9.18 Å². The lowest BCUT2D eigenvalue weighted by Crippen LogP contribution is -2.13. The van der Waals surface area contributed by atoms with Gasteiger partial charge in [-0.2, -0.15) is 5.26 Å². The summed E-state index contributed by atoms with van der Waals surface area (Å²) in [4.78, 5) is 17.4. The molecule has 0 radical (unpaired) electrons. The molecule has 3 rings (SSSR count). The van der Waals surface area contributed by atoms with Gasteiger partial charge < -0.3 is 0 Å². The summed E-state index contributed by atoms with van der Waals surface area (Å²) >= 11 is 13.4. The number of benzene rings is 2. The van der Waals surface area contributed by atoms with Gasteiger partial charge in [0, 0.05) is 27.5 Å². The minimum Gasteiger partial charge on any atom is -0.297 e. The van der Waals surface area contributed by atoms with Crippen LogP contribution in [0.25, 0.3) is 6.08 Å². The lowest BCUT2D eigenvalue weighted by molar-refractivity contribution is -0.112.